The van der Waals surface area contributed by atoms with Crippen molar-refractivity contribution in [3.8, 4) is 5.75 Å². The van der Waals surface area contributed by atoms with Gasteiger partial charge in [0, 0.05) is 39.0 Å². The number of amides is 2. The van der Waals surface area contributed by atoms with Crippen molar-refractivity contribution in [1.82, 2.24) is 4.90 Å². The Balaban J connectivity index is 1.71. The Hall–Kier alpha value is -2.16. The molecular formula is C17H23N3O5. The monoisotopic (exact) mass is 349 g/mol. The second-order valence-corrected chi connectivity index (χ2v) is 5.95. The van der Waals surface area contributed by atoms with Gasteiger partial charge < -0.3 is 24.4 Å². The minimum atomic E-state index is -0.245. The molecule has 0 unspecified atom stereocenters. The van der Waals surface area contributed by atoms with Gasteiger partial charge in [0.25, 0.3) is 5.91 Å². The lowest BCUT2D eigenvalue weighted by molar-refractivity contribution is -0.121. The van der Waals surface area contributed by atoms with E-state index in [1.807, 2.05) is 0 Å². The van der Waals surface area contributed by atoms with Gasteiger partial charge in [-0.2, -0.15) is 0 Å². The van der Waals surface area contributed by atoms with E-state index in [4.69, 9.17) is 14.2 Å². The van der Waals surface area contributed by atoms with Crippen LogP contribution >= 0.6 is 0 Å². The Labute approximate surface area is 146 Å². The van der Waals surface area contributed by atoms with Crippen LogP contribution in [0, 0.1) is 0 Å². The molecule has 0 atom stereocenters. The van der Waals surface area contributed by atoms with Crippen molar-refractivity contribution >= 4 is 23.2 Å². The first-order chi connectivity index (χ1) is 12.2. The van der Waals surface area contributed by atoms with Crippen molar-refractivity contribution in [2.45, 2.75) is 0 Å². The van der Waals surface area contributed by atoms with Crippen LogP contribution in [0.2, 0.25) is 0 Å². The molecule has 136 valence electrons. The second-order valence-electron chi connectivity index (χ2n) is 5.95. The quantitative estimate of drug-likeness (QED) is 0.797. The summed E-state index contributed by atoms with van der Waals surface area (Å²) in [5, 5.41) is 2.75. The summed E-state index contributed by atoms with van der Waals surface area (Å²) < 4.78 is 15.7. The van der Waals surface area contributed by atoms with Gasteiger partial charge in [-0.05, 0) is 18.2 Å². The number of morpholine rings is 1. The molecule has 0 saturated carbocycles. The first-order valence-corrected chi connectivity index (χ1v) is 8.33. The van der Waals surface area contributed by atoms with Crippen molar-refractivity contribution < 1.29 is 23.8 Å². The van der Waals surface area contributed by atoms with E-state index in [1.54, 1.807) is 23.1 Å². The average molecular weight is 349 g/mol. The van der Waals surface area contributed by atoms with Gasteiger partial charge in [0.15, 0.2) is 6.61 Å². The van der Waals surface area contributed by atoms with Gasteiger partial charge >= 0.3 is 0 Å². The summed E-state index contributed by atoms with van der Waals surface area (Å²) in [5.41, 5.74) is 1.29. The number of hydrogen-bond donors (Lipinski definition) is 1. The molecule has 0 radical (unpaired) electrons. The molecule has 0 bridgehead atoms. The summed E-state index contributed by atoms with van der Waals surface area (Å²) in [5.74, 6) is 0.317. The number of benzene rings is 1. The average Bonchev–Trinajstić information content (AvgIpc) is 2.62. The van der Waals surface area contributed by atoms with Crippen LogP contribution in [0.4, 0.5) is 11.4 Å². The van der Waals surface area contributed by atoms with Gasteiger partial charge in [-0.3, -0.25) is 14.5 Å². The summed E-state index contributed by atoms with van der Waals surface area (Å²) in [6.45, 7) is 4.56. The maximum atomic E-state index is 12.3. The molecule has 2 amide bonds. The summed E-state index contributed by atoms with van der Waals surface area (Å²) in [6, 6.07) is 5.29. The molecule has 2 heterocycles. The Kier molecular flexibility index (Phi) is 5.85. The summed E-state index contributed by atoms with van der Waals surface area (Å²) in [7, 11) is 1.46. The molecular weight excluding hydrogens is 326 g/mol. The third-order valence-corrected chi connectivity index (χ3v) is 4.20. The number of nitrogens with one attached hydrogen (secondary N) is 1. The Morgan fingerprint density at radius 3 is 2.84 bits per heavy atom. The highest BCUT2D eigenvalue weighted by Crippen LogP contribution is 2.34. The fourth-order valence-corrected chi connectivity index (χ4v) is 2.92. The largest absolute Gasteiger partial charge is 0.482 e. The first kappa shape index (κ1) is 17.7. The number of fused-ring (bicyclic) bond motifs is 1. The lowest BCUT2D eigenvalue weighted by Gasteiger charge is -2.33. The molecule has 0 aliphatic carbocycles. The van der Waals surface area contributed by atoms with E-state index in [0.717, 1.165) is 32.8 Å². The Morgan fingerprint density at radius 1 is 1.28 bits per heavy atom. The molecule has 25 heavy (non-hydrogen) atoms. The van der Waals surface area contributed by atoms with Crippen LogP contribution < -0.4 is 15.0 Å². The van der Waals surface area contributed by atoms with Crippen molar-refractivity contribution in [2.75, 3.05) is 69.9 Å². The normalized spacial score (nSPS) is 17.8. The third kappa shape index (κ3) is 4.47. The Morgan fingerprint density at radius 2 is 2.08 bits per heavy atom. The number of rotatable bonds is 6. The number of ether oxygens (including phenoxy) is 3. The molecule has 2 aliphatic rings. The number of nitrogens with zero attached hydrogens (tertiary/aromatic N) is 2. The molecule has 8 heteroatoms. The van der Waals surface area contributed by atoms with Crippen LogP contribution in [0.1, 0.15) is 0 Å². The zero-order chi connectivity index (χ0) is 17.6. The second kappa shape index (κ2) is 8.28. The molecule has 2 aliphatic heterocycles. The van der Waals surface area contributed by atoms with Crippen LogP contribution in [0.15, 0.2) is 18.2 Å². The van der Waals surface area contributed by atoms with Gasteiger partial charge in [0.1, 0.15) is 12.4 Å². The number of anilines is 2. The number of carbonyl (C=O) groups is 2. The molecule has 1 fully saturated rings. The van der Waals surface area contributed by atoms with E-state index < -0.39 is 0 Å². The van der Waals surface area contributed by atoms with E-state index in [0.29, 0.717) is 23.7 Å². The maximum absolute atomic E-state index is 12.3. The standard InChI is InChI=1S/C17H23N3O5/c1-23-11-16(21)18-13-2-3-15-14(10-13)20(17(22)12-25-15)5-4-19-6-8-24-9-7-19/h2-3,10H,4-9,11-12H2,1H3,(H,18,21). The molecule has 1 saturated heterocycles. The van der Waals surface area contributed by atoms with Gasteiger partial charge in [-0.15, -0.1) is 0 Å². The topological polar surface area (TPSA) is 80.3 Å². The zero-order valence-electron chi connectivity index (χ0n) is 14.3. The maximum Gasteiger partial charge on any atom is 0.265 e. The fourth-order valence-electron chi connectivity index (χ4n) is 2.92. The van der Waals surface area contributed by atoms with E-state index in [2.05, 4.69) is 10.2 Å². The van der Waals surface area contributed by atoms with Crippen molar-refractivity contribution in [3.63, 3.8) is 0 Å². The van der Waals surface area contributed by atoms with Gasteiger partial charge in [-0.1, -0.05) is 0 Å². The van der Waals surface area contributed by atoms with Gasteiger partial charge in [-0.25, -0.2) is 0 Å². The van der Waals surface area contributed by atoms with Crippen LogP contribution in [0.3, 0.4) is 0 Å². The van der Waals surface area contributed by atoms with E-state index in [1.165, 1.54) is 7.11 Å². The highest BCUT2D eigenvalue weighted by Gasteiger charge is 2.26. The molecule has 1 N–H and O–H groups in total. The van der Waals surface area contributed by atoms with Crippen LogP contribution in [0.25, 0.3) is 0 Å². The van der Waals surface area contributed by atoms with Gasteiger partial charge in [0.05, 0.1) is 18.9 Å². The first-order valence-electron chi connectivity index (χ1n) is 8.33. The lowest BCUT2D eigenvalue weighted by Crippen LogP contribution is -2.45. The van der Waals surface area contributed by atoms with Crippen molar-refractivity contribution in [3.05, 3.63) is 18.2 Å². The van der Waals surface area contributed by atoms with Crippen LogP contribution in [-0.2, 0) is 19.1 Å². The summed E-state index contributed by atoms with van der Waals surface area (Å²) in [4.78, 5) is 28.0. The molecule has 3 rings (SSSR count). The number of methoxy groups -OCH3 is 1. The zero-order valence-corrected chi connectivity index (χ0v) is 14.3. The molecule has 8 nitrogen and oxygen atoms in total. The van der Waals surface area contributed by atoms with E-state index in [-0.39, 0.29) is 25.0 Å². The minimum absolute atomic E-state index is 0.0206. The van der Waals surface area contributed by atoms with Crippen molar-refractivity contribution in [1.29, 1.82) is 0 Å². The smallest absolute Gasteiger partial charge is 0.265 e. The number of hydrogen-bond acceptors (Lipinski definition) is 6. The molecule has 0 spiro atoms. The van der Waals surface area contributed by atoms with Gasteiger partial charge in [0.2, 0.25) is 5.91 Å². The summed E-state index contributed by atoms with van der Waals surface area (Å²) in [6.07, 6.45) is 0. The Bertz CT molecular complexity index is 631. The highest BCUT2D eigenvalue weighted by atomic mass is 16.5. The molecule has 1 aromatic rings. The predicted octanol–water partition coefficient (Wildman–Crippen LogP) is 0.329. The lowest BCUT2D eigenvalue weighted by atomic mass is 10.2. The SMILES string of the molecule is COCC(=O)Nc1ccc2c(c1)N(CCN1CCOCC1)C(=O)CO2. The summed E-state index contributed by atoms with van der Waals surface area (Å²) >= 11 is 0. The van der Waals surface area contributed by atoms with Crippen LogP contribution in [-0.4, -0.2) is 76.4 Å². The van der Waals surface area contributed by atoms with Crippen LogP contribution in [0.5, 0.6) is 5.75 Å². The van der Waals surface area contributed by atoms with E-state index >= 15 is 0 Å². The third-order valence-electron chi connectivity index (χ3n) is 4.20. The fraction of sp³-hybridized carbons (Fsp3) is 0.529. The minimum Gasteiger partial charge on any atom is -0.482 e. The highest BCUT2D eigenvalue weighted by molar-refractivity contribution is 5.99. The van der Waals surface area contributed by atoms with Crippen molar-refractivity contribution in [2.24, 2.45) is 0 Å². The van der Waals surface area contributed by atoms with E-state index in [9.17, 15) is 9.59 Å². The molecule has 1 aromatic carbocycles. The number of carbonyl (C=O) groups excluding carboxylic acids is 2. The predicted molar refractivity (Wildman–Crippen MR) is 92.1 cm³/mol. The molecule has 0 aromatic heterocycles.